The maximum Gasteiger partial charge on any atom is 0.254 e. The summed E-state index contributed by atoms with van der Waals surface area (Å²) in [5.74, 6) is 0.170. The van der Waals surface area contributed by atoms with Crippen molar-refractivity contribution >= 4 is 11.6 Å². The van der Waals surface area contributed by atoms with Crippen LogP contribution in [0.15, 0.2) is 35.4 Å². The van der Waals surface area contributed by atoms with E-state index in [2.05, 4.69) is 18.3 Å². The molecule has 94 valence electrons. The Balaban J connectivity index is 1.95. The zero-order chi connectivity index (χ0) is 12.7. The standard InChI is InChI=1S/C15H18N2O/c1-10-7-12-5-3-4-6-14(12)17(10)15(18)11(2)13-8-16-9-13/h3-6,10,16H,7-9H2,1-2H3. The van der Waals surface area contributed by atoms with Gasteiger partial charge in [-0.05, 0) is 37.5 Å². The number of fused-ring (bicyclic) bond motifs is 1. The molecular weight excluding hydrogens is 224 g/mol. The minimum absolute atomic E-state index is 0.170. The van der Waals surface area contributed by atoms with E-state index in [1.807, 2.05) is 30.0 Å². The number of carbonyl (C=O) groups excluding carboxylic acids is 1. The van der Waals surface area contributed by atoms with Gasteiger partial charge in [0.05, 0.1) is 0 Å². The lowest BCUT2D eigenvalue weighted by Gasteiger charge is -2.27. The monoisotopic (exact) mass is 242 g/mol. The van der Waals surface area contributed by atoms with Crippen LogP contribution in [0.5, 0.6) is 0 Å². The number of para-hydroxylation sites is 1. The molecule has 1 amide bonds. The van der Waals surface area contributed by atoms with Crippen molar-refractivity contribution in [2.45, 2.75) is 26.3 Å². The molecule has 0 saturated carbocycles. The van der Waals surface area contributed by atoms with Crippen LogP contribution in [0.3, 0.4) is 0 Å². The van der Waals surface area contributed by atoms with E-state index in [0.29, 0.717) is 0 Å². The second-order valence-corrected chi connectivity index (χ2v) is 5.19. The van der Waals surface area contributed by atoms with Gasteiger partial charge in [0.1, 0.15) is 0 Å². The lowest BCUT2D eigenvalue weighted by atomic mass is 10.0. The highest BCUT2D eigenvalue weighted by Crippen LogP contribution is 2.33. The van der Waals surface area contributed by atoms with E-state index in [-0.39, 0.29) is 11.9 Å². The maximum absolute atomic E-state index is 12.6. The molecule has 2 heterocycles. The first kappa shape index (κ1) is 11.5. The second kappa shape index (κ2) is 4.25. The summed E-state index contributed by atoms with van der Waals surface area (Å²) in [4.78, 5) is 14.5. The predicted octanol–water partition coefficient (Wildman–Crippen LogP) is 1.88. The summed E-state index contributed by atoms with van der Waals surface area (Å²) in [6, 6.07) is 8.48. The third-order valence-electron chi connectivity index (χ3n) is 3.95. The predicted molar refractivity (Wildman–Crippen MR) is 72.7 cm³/mol. The normalized spacial score (nSPS) is 21.6. The van der Waals surface area contributed by atoms with Crippen molar-refractivity contribution in [3.63, 3.8) is 0 Å². The minimum Gasteiger partial charge on any atom is -0.309 e. The van der Waals surface area contributed by atoms with Gasteiger partial charge in [-0.15, -0.1) is 0 Å². The van der Waals surface area contributed by atoms with E-state index < -0.39 is 0 Å². The van der Waals surface area contributed by atoms with Crippen LogP contribution in [-0.2, 0) is 11.2 Å². The SMILES string of the molecule is CC(C(=O)N1c2ccccc2CC1C)=C1CNC1. The van der Waals surface area contributed by atoms with Gasteiger partial charge in [0.25, 0.3) is 5.91 Å². The van der Waals surface area contributed by atoms with E-state index in [1.54, 1.807) is 0 Å². The van der Waals surface area contributed by atoms with Crippen LogP contribution >= 0.6 is 0 Å². The zero-order valence-electron chi connectivity index (χ0n) is 10.9. The summed E-state index contributed by atoms with van der Waals surface area (Å²) in [5.41, 5.74) is 4.53. The number of benzene rings is 1. The molecule has 0 aliphatic carbocycles. The molecule has 1 aromatic carbocycles. The molecule has 2 aliphatic heterocycles. The fourth-order valence-corrected chi connectivity index (χ4v) is 2.72. The summed E-state index contributed by atoms with van der Waals surface area (Å²) in [7, 11) is 0. The minimum atomic E-state index is 0.170. The topological polar surface area (TPSA) is 32.3 Å². The highest BCUT2D eigenvalue weighted by Gasteiger charge is 2.32. The van der Waals surface area contributed by atoms with Gasteiger partial charge in [-0.3, -0.25) is 4.79 Å². The van der Waals surface area contributed by atoms with Crippen LogP contribution in [-0.4, -0.2) is 25.0 Å². The molecule has 2 aliphatic rings. The largest absolute Gasteiger partial charge is 0.309 e. The number of carbonyl (C=O) groups is 1. The number of nitrogens with one attached hydrogen (secondary N) is 1. The summed E-state index contributed by atoms with van der Waals surface area (Å²) in [6.45, 7) is 5.80. The Bertz CT molecular complexity index is 527. The molecule has 1 saturated heterocycles. The number of rotatable bonds is 1. The lowest BCUT2D eigenvalue weighted by molar-refractivity contribution is -0.115. The molecule has 3 rings (SSSR count). The van der Waals surface area contributed by atoms with E-state index in [9.17, 15) is 4.79 Å². The molecule has 0 radical (unpaired) electrons. The third-order valence-corrected chi connectivity index (χ3v) is 3.95. The fraction of sp³-hybridized carbons (Fsp3) is 0.400. The van der Waals surface area contributed by atoms with Crippen molar-refractivity contribution in [1.82, 2.24) is 5.32 Å². The number of amides is 1. The number of nitrogens with zero attached hydrogens (tertiary/aromatic N) is 1. The molecule has 0 spiro atoms. The molecule has 1 aromatic rings. The van der Waals surface area contributed by atoms with E-state index >= 15 is 0 Å². The molecule has 1 unspecified atom stereocenters. The average molecular weight is 242 g/mol. The number of hydrogen-bond acceptors (Lipinski definition) is 2. The average Bonchev–Trinajstić information content (AvgIpc) is 2.61. The Labute approximate surface area is 107 Å². The Morgan fingerprint density at radius 3 is 2.72 bits per heavy atom. The molecule has 1 N–H and O–H groups in total. The summed E-state index contributed by atoms with van der Waals surface area (Å²) < 4.78 is 0. The van der Waals surface area contributed by atoms with Crippen molar-refractivity contribution in [2.75, 3.05) is 18.0 Å². The van der Waals surface area contributed by atoms with Crippen LogP contribution in [0, 0.1) is 0 Å². The molecular formula is C15H18N2O. The molecule has 3 nitrogen and oxygen atoms in total. The van der Waals surface area contributed by atoms with Crippen LogP contribution in [0.1, 0.15) is 19.4 Å². The van der Waals surface area contributed by atoms with Crippen LogP contribution in [0.25, 0.3) is 0 Å². The molecule has 1 atom stereocenters. The summed E-state index contributed by atoms with van der Waals surface area (Å²) >= 11 is 0. The Hall–Kier alpha value is -1.61. The number of hydrogen-bond donors (Lipinski definition) is 1. The highest BCUT2D eigenvalue weighted by molar-refractivity contribution is 6.07. The summed E-state index contributed by atoms with van der Waals surface area (Å²) in [5, 5.41) is 3.19. The van der Waals surface area contributed by atoms with Crippen LogP contribution in [0.2, 0.25) is 0 Å². The Morgan fingerprint density at radius 2 is 2.06 bits per heavy atom. The third kappa shape index (κ3) is 1.66. The van der Waals surface area contributed by atoms with Crippen molar-refractivity contribution < 1.29 is 4.79 Å². The summed E-state index contributed by atoms with van der Waals surface area (Å²) in [6.07, 6.45) is 0.961. The zero-order valence-corrected chi connectivity index (χ0v) is 10.9. The molecule has 18 heavy (non-hydrogen) atoms. The van der Waals surface area contributed by atoms with Gasteiger partial charge in [-0.1, -0.05) is 18.2 Å². The highest BCUT2D eigenvalue weighted by atomic mass is 16.2. The molecule has 0 aromatic heterocycles. The maximum atomic E-state index is 12.6. The van der Waals surface area contributed by atoms with Crippen LogP contribution in [0.4, 0.5) is 5.69 Å². The van der Waals surface area contributed by atoms with E-state index in [4.69, 9.17) is 0 Å². The molecule has 3 heteroatoms. The van der Waals surface area contributed by atoms with Gasteiger partial charge in [0, 0.05) is 30.4 Å². The van der Waals surface area contributed by atoms with Gasteiger partial charge in [-0.25, -0.2) is 0 Å². The van der Waals surface area contributed by atoms with Gasteiger partial charge >= 0.3 is 0 Å². The van der Waals surface area contributed by atoms with Crippen molar-refractivity contribution in [3.05, 3.63) is 41.0 Å². The first-order valence-electron chi connectivity index (χ1n) is 6.49. The van der Waals surface area contributed by atoms with Crippen molar-refractivity contribution in [1.29, 1.82) is 0 Å². The Morgan fingerprint density at radius 1 is 1.33 bits per heavy atom. The fourth-order valence-electron chi connectivity index (χ4n) is 2.72. The smallest absolute Gasteiger partial charge is 0.254 e. The quantitative estimate of drug-likeness (QED) is 0.763. The molecule has 1 fully saturated rings. The first-order chi connectivity index (χ1) is 8.68. The van der Waals surface area contributed by atoms with Crippen molar-refractivity contribution in [3.8, 4) is 0 Å². The molecule has 0 bridgehead atoms. The van der Waals surface area contributed by atoms with Gasteiger partial charge in [0.2, 0.25) is 0 Å². The lowest BCUT2D eigenvalue weighted by Crippen LogP contribution is -2.41. The van der Waals surface area contributed by atoms with Crippen LogP contribution < -0.4 is 10.2 Å². The van der Waals surface area contributed by atoms with Gasteiger partial charge in [-0.2, -0.15) is 0 Å². The van der Waals surface area contributed by atoms with E-state index in [1.165, 1.54) is 11.1 Å². The van der Waals surface area contributed by atoms with E-state index in [0.717, 1.165) is 30.8 Å². The first-order valence-corrected chi connectivity index (χ1v) is 6.49. The Kier molecular flexibility index (Phi) is 2.71. The van der Waals surface area contributed by atoms with Crippen molar-refractivity contribution in [2.24, 2.45) is 0 Å². The number of anilines is 1. The van der Waals surface area contributed by atoms with Gasteiger partial charge < -0.3 is 10.2 Å². The second-order valence-electron chi connectivity index (χ2n) is 5.19. The van der Waals surface area contributed by atoms with Gasteiger partial charge in [0.15, 0.2) is 0 Å².